The summed E-state index contributed by atoms with van der Waals surface area (Å²) < 4.78 is 6.11. The minimum Gasteiger partial charge on any atom is -0.476 e. The van der Waals surface area contributed by atoms with Crippen LogP contribution in [0.15, 0.2) is 30.3 Å². The summed E-state index contributed by atoms with van der Waals surface area (Å²) in [6.07, 6.45) is 4.24. The van der Waals surface area contributed by atoms with Crippen molar-refractivity contribution in [3.8, 4) is 5.88 Å². The number of likely N-dealkylation sites (N-methyl/N-ethyl adjacent to an activating group) is 1. The lowest BCUT2D eigenvalue weighted by atomic mass is 10.1. The van der Waals surface area contributed by atoms with Gasteiger partial charge in [-0.15, -0.1) is 0 Å². The molecule has 0 aliphatic heterocycles. The SMILES string of the molecule is CCCCc1cc2ccccc2c(OCC(CCN)N(C)C)n1. The van der Waals surface area contributed by atoms with Crippen LogP contribution in [0.25, 0.3) is 10.8 Å². The molecule has 2 rings (SSSR count). The molecule has 0 aliphatic rings. The van der Waals surface area contributed by atoms with Crippen molar-refractivity contribution >= 4 is 10.8 Å². The Kier molecular flexibility index (Phi) is 6.81. The summed E-state index contributed by atoms with van der Waals surface area (Å²) >= 11 is 0. The minimum atomic E-state index is 0.305. The van der Waals surface area contributed by atoms with E-state index in [9.17, 15) is 0 Å². The smallest absolute Gasteiger partial charge is 0.221 e. The molecule has 0 bridgehead atoms. The van der Waals surface area contributed by atoms with Gasteiger partial charge in [0.05, 0.1) is 0 Å². The zero-order valence-corrected chi connectivity index (χ0v) is 14.6. The van der Waals surface area contributed by atoms with E-state index >= 15 is 0 Å². The molecule has 1 heterocycles. The molecule has 0 saturated carbocycles. The maximum atomic E-state index is 6.11. The van der Waals surface area contributed by atoms with Crippen molar-refractivity contribution in [3.05, 3.63) is 36.0 Å². The van der Waals surface area contributed by atoms with E-state index in [2.05, 4.69) is 50.2 Å². The van der Waals surface area contributed by atoms with Gasteiger partial charge < -0.3 is 15.4 Å². The average molecular weight is 315 g/mol. The first-order chi connectivity index (χ1) is 11.2. The van der Waals surface area contributed by atoms with E-state index in [1.54, 1.807) is 0 Å². The van der Waals surface area contributed by atoms with Gasteiger partial charge in [-0.2, -0.15) is 0 Å². The minimum absolute atomic E-state index is 0.305. The summed E-state index contributed by atoms with van der Waals surface area (Å²) in [5, 5.41) is 2.28. The molecule has 4 nitrogen and oxygen atoms in total. The van der Waals surface area contributed by atoms with E-state index < -0.39 is 0 Å². The summed E-state index contributed by atoms with van der Waals surface area (Å²) in [6.45, 7) is 3.47. The number of fused-ring (bicyclic) bond motifs is 1. The van der Waals surface area contributed by atoms with Crippen LogP contribution in [0.1, 0.15) is 31.9 Å². The van der Waals surface area contributed by atoms with Crippen molar-refractivity contribution in [1.29, 1.82) is 0 Å². The molecule has 0 aliphatic carbocycles. The van der Waals surface area contributed by atoms with Crippen LogP contribution in [-0.4, -0.2) is 43.2 Å². The van der Waals surface area contributed by atoms with Gasteiger partial charge in [0, 0.05) is 17.1 Å². The molecule has 0 saturated heterocycles. The molecule has 1 unspecified atom stereocenters. The Bertz CT molecular complexity index is 613. The Morgan fingerprint density at radius 3 is 2.74 bits per heavy atom. The number of pyridine rings is 1. The van der Waals surface area contributed by atoms with E-state index in [1.807, 2.05) is 6.07 Å². The molecular weight excluding hydrogens is 286 g/mol. The van der Waals surface area contributed by atoms with Crippen molar-refractivity contribution in [2.75, 3.05) is 27.2 Å². The number of aryl methyl sites for hydroxylation is 1. The number of nitrogens with zero attached hydrogens (tertiary/aromatic N) is 2. The van der Waals surface area contributed by atoms with Crippen molar-refractivity contribution in [2.45, 2.75) is 38.6 Å². The molecule has 0 fully saturated rings. The molecule has 0 amide bonds. The standard InChI is InChI=1S/C19H29N3O/c1-4-5-9-16-13-15-8-6-7-10-18(15)19(21-16)23-14-17(11-12-20)22(2)3/h6-8,10,13,17H,4-5,9,11-12,14,20H2,1-3H3. The third-order valence-electron chi connectivity index (χ3n) is 4.19. The fourth-order valence-electron chi connectivity index (χ4n) is 2.67. The normalized spacial score (nSPS) is 12.7. The van der Waals surface area contributed by atoms with Gasteiger partial charge in [0.2, 0.25) is 5.88 Å². The number of rotatable bonds is 9. The van der Waals surface area contributed by atoms with Gasteiger partial charge in [-0.25, -0.2) is 4.98 Å². The van der Waals surface area contributed by atoms with Crippen molar-refractivity contribution in [3.63, 3.8) is 0 Å². The van der Waals surface area contributed by atoms with Crippen LogP contribution in [-0.2, 0) is 6.42 Å². The fraction of sp³-hybridized carbons (Fsp3) is 0.526. The second kappa shape index (κ2) is 8.85. The van der Waals surface area contributed by atoms with Crippen molar-refractivity contribution in [1.82, 2.24) is 9.88 Å². The van der Waals surface area contributed by atoms with Gasteiger partial charge in [0.1, 0.15) is 6.61 Å². The third-order valence-corrected chi connectivity index (χ3v) is 4.19. The number of aromatic nitrogens is 1. The Morgan fingerprint density at radius 1 is 1.26 bits per heavy atom. The number of benzene rings is 1. The van der Waals surface area contributed by atoms with E-state index in [0.29, 0.717) is 19.2 Å². The summed E-state index contributed by atoms with van der Waals surface area (Å²) in [5.74, 6) is 0.748. The van der Waals surface area contributed by atoms with Crippen LogP contribution in [0.4, 0.5) is 0 Å². The number of hydrogen-bond acceptors (Lipinski definition) is 4. The fourth-order valence-corrected chi connectivity index (χ4v) is 2.67. The highest BCUT2D eigenvalue weighted by Gasteiger charge is 2.13. The average Bonchev–Trinajstić information content (AvgIpc) is 2.56. The van der Waals surface area contributed by atoms with Crippen LogP contribution in [0.2, 0.25) is 0 Å². The monoisotopic (exact) mass is 315 g/mol. The van der Waals surface area contributed by atoms with E-state index in [1.165, 1.54) is 11.8 Å². The van der Waals surface area contributed by atoms with Crippen molar-refractivity contribution in [2.24, 2.45) is 5.73 Å². The molecule has 1 aromatic heterocycles. The van der Waals surface area contributed by atoms with Crippen LogP contribution >= 0.6 is 0 Å². The zero-order chi connectivity index (χ0) is 16.7. The highest BCUT2D eigenvalue weighted by Crippen LogP contribution is 2.25. The Morgan fingerprint density at radius 2 is 2.04 bits per heavy atom. The maximum absolute atomic E-state index is 6.11. The Balaban J connectivity index is 2.23. The van der Waals surface area contributed by atoms with Gasteiger partial charge in [0.15, 0.2) is 0 Å². The Labute approximate surface area is 139 Å². The predicted octanol–water partition coefficient (Wildman–Crippen LogP) is 3.24. The first-order valence-corrected chi connectivity index (χ1v) is 8.53. The van der Waals surface area contributed by atoms with Crippen LogP contribution in [0.5, 0.6) is 5.88 Å². The molecule has 0 spiro atoms. The maximum Gasteiger partial charge on any atom is 0.221 e. The molecule has 1 atom stereocenters. The van der Waals surface area contributed by atoms with E-state index in [4.69, 9.17) is 15.5 Å². The highest BCUT2D eigenvalue weighted by molar-refractivity contribution is 5.87. The number of ether oxygens (including phenoxy) is 1. The van der Waals surface area contributed by atoms with Crippen molar-refractivity contribution < 1.29 is 4.74 Å². The van der Waals surface area contributed by atoms with E-state index in [-0.39, 0.29) is 0 Å². The van der Waals surface area contributed by atoms with Crippen LogP contribution in [0, 0.1) is 0 Å². The lowest BCUT2D eigenvalue weighted by Crippen LogP contribution is -2.35. The number of nitrogens with two attached hydrogens (primary N) is 1. The molecule has 126 valence electrons. The molecule has 23 heavy (non-hydrogen) atoms. The summed E-state index contributed by atoms with van der Waals surface area (Å²) in [5.41, 5.74) is 6.82. The quantitative estimate of drug-likeness (QED) is 0.772. The number of unbranched alkanes of at least 4 members (excludes halogenated alkanes) is 1. The lowest BCUT2D eigenvalue weighted by molar-refractivity contribution is 0.176. The first-order valence-electron chi connectivity index (χ1n) is 8.53. The van der Waals surface area contributed by atoms with Gasteiger partial charge in [-0.05, 0) is 57.4 Å². The van der Waals surface area contributed by atoms with E-state index in [0.717, 1.165) is 36.2 Å². The molecule has 0 radical (unpaired) electrons. The topological polar surface area (TPSA) is 51.4 Å². The van der Waals surface area contributed by atoms with Gasteiger partial charge in [-0.3, -0.25) is 0 Å². The summed E-state index contributed by atoms with van der Waals surface area (Å²) in [7, 11) is 4.12. The second-order valence-electron chi connectivity index (χ2n) is 6.25. The van der Waals surface area contributed by atoms with Crippen LogP contribution in [0.3, 0.4) is 0 Å². The third kappa shape index (κ3) is 4.91. The van der Waals surface area contributed by atoms with Gasteiger partial charge in [-0.1, -0.05) is 31.5 Å². The lowest BCUT2D eigenvalue weighted by Gasteiger charge is -2.24. The van der Waals surface area contributed by atoms with Gasteiger partial charge >= 0.3 is 0 Å². The summed E-state index contributed by atoms with van der Waals surface area (Å²) in [4.78, 5) is 6.92. The number of hydrogen-bond donors (Lipinski definition) is 1. The van der Waals surface area contributed by atoms with Gasteiger partial charge in [0.25, 0.3) is 0 Å². The summed E-state index contributed by atoms with van der Waals surface area (Å²) in [6, 6.07) is 10.8. The predicted molar refractivity (Wildman–Crippen MR) is 97.0 cm³/mol. The molecule has 2 N–H and O–H groups in total. The highest BCUT2D eigenvalue weighted by atomic mass is 16.5. The molecule has 2 aromatic rings. The molecular formula is C19H29N3O. The second-order valence-corrected chi connectivity index (χ2v) is 6.25. The van der Waals surface area contributed by atoms with Crippen LogP contribution < -0.4 is 10.5 Å². The first kappa shape index (κ1) is 17.7. The largest absolute Gasteiger partial charge is 0.476 e. The Hall–Kier alpha value is -1.65. The molecule has 1 aromatic carbocycles. The molecule has 4 heteroatoms. The zero-order valence-electron chi connectivity index (χ0n) is 14.6.